The highest BCUT2D eigenvalue weighted by Crippen LogP contribution is 2.40. The van der Waals surface area contributed by atoms with Gasteiger partial charge in [-0.3, -0.25) is 4.99 Å². The number of sulfone groups is 1. The molecule has 2 bridgehead atoms. The van der Waals surface area contributed by atoms with E-state index in [9.17, 15) is 21.7 Å². The zero-order chi connectivity index (χ0) is 26.8. The molecule has 2 aliphatic heterocycles. The van der Waals surface area contributed by atoms with E-state index in [0.29, 0.717) is 35.0 Å². The first-order valence-electron chi connectivity index (χ1n) is 11.7. The molecule has 4 rings (SSSR count). The van der Waals surface area contributed by atoms with Crippen molar-refractivity contribution in [1.29, 1.82) is 5.41 Å². The number of halogens is 2. The van der Waals surface area contributed by atoms with Crippen molar-refractivity contribution in [2.45, 2.75) is 47.6 Å². The van der Waals surface area contributed by atoms with Crippen LogP contribution >= 0.6 is 23.2 Å². The molecule has 13 heteroatoms. The van der Waals surface area contributed by atoms with Gasteiger partial charge in [-0.15, -0.1) is 0 Å². The van der Waals surface area contributed by atoms with E-state index < -0.39 is 43.7 Å². The number of piperidine rings is 1. The quantitative estimate of drug-likeness (QED) is 0.350. The highest BCUT2D eigenvalue weighted by atomic mass is 35.5. The summed E-state index contributed by atoms with van der Waals surface area (Å²) in [5.74, 6) is -1.43. The van der Waals surface area contributed by atoms with Crippen molar-refractivity contribution in [3.8, 4) is 0 Å². The van der Waals surface area contributed by atoms with Crippen molar-refractivity contribution in [3.05, 3.63) is 63.5 Å². The molecule has 2 aromatic rings. The third-order valence-electron chi connectivity index (χ3n) is 6.93. The fraction of sp³-hybridized carbons (Fsp3) is 0.417. The summed E-state index contributed by atoms with van der Waals surface area (Å²) in [4.78, 5) is 15.6. The predicted molar refractivity (Wildman–Crippen MR) is 144 cm³/mol. The molecule has 2 aromatic carbocycles. The minimum atomic E-state index is -3.98. The van der Waals surface area contributed by atoms with Gasteiger partial charge in [-0.2, -0.15) is 9.21 Å². The lowest BCUT2D eigenvalue weighted by molar-refractivity contribution is 0.214. The molecule has 0 saturated carbocycles. The predicted octanol–water partition coefficient (Wildman–Crippen LogP) is 4.83. The molecule has 4 atom stereocenters. The van der Waals surface area contributed by atoms with E-state index in [0.717, 1.165) is 6.21 Å². The van der Waals surface area contributed by atoms with Crippen LogP contribution in [0, 0.1) is 22.2 Å². The molecular formula is C24H26Cl2N4O5S2. The summed E-state index contributed by atoms with van der Waals surface area (Å²) in [6.07, 6.45) is 2.65. The lowest BCUT2D eigenvalue weighted by atomic mass is 9.84. The molecule has 37 heavy (non-hydrogen) atoms. The van der Waals surface area contributed by atoms with Crippen LogP contribution in [0.4, 0.5) is 0 Å². The number of nitrogens with one attached hydrogen (secondary N) is 1. The molecule has 198 valence electrons. The second kappa shape index (κ2) is 11.3. The van der Waals surface area contributed by atoms with Gasteiger partial charge in [-0.1, -0.05) is 28.4 Å². The van der Waals surface area contributed by atoms with Gasteiger partial charge < -0.3 is 5.41 Å². The van der Waals surface area contributed by atoms with Crippen LogP contribution in [0.25, 0.3) is 0 Å². The number of hydrogen-bond donors (Lipinski definition) is 1. The molecule has 0 spiro atoms. The Morgan fingerprint density at radius 1 is 0.946 bits per heavy atom. The number of fused-ring (bicyclic) bond motifs is 2. The van der Waals surface area contributed by atoms with Crippen LogP contribution in [0.1, 0.15) is 25.7 Å². The van der Waals surface area contributed by atoms with Gasteiger partial charge in [0, 0.05) is 46.4 Å². The average molecular weight is 586 g/mol. The lowest BCUT2D eigenvalue weighted by Gasteiger charge is -2.43. The Labute approximate surface area is 226 Å². The summed E-state index contributed by atoms with van der Waals surface area (Å²) in [6.45, 7) is 0.0419. The van der Waals surface area contributed by atoms with E-state index >= 15 is 0 Å². The van der Waals surface area contributed by atoms with Gasteiger partial charge in [0.15, 0.2) is 9.84 Å². The van der Waals surface area contributed by atoms with Crippen molar-refractivity contribution in [2.24, 2.45) is 22.0 Å². The number of nitrogens with zero attached hydrogens (tertiary/aromatic N) is 3. The molecule has 2 aliphatic rings. The standard InChI is InChI=1S/C24H26Cl2N4O5S2/c25-17-2-7-20(8-3-17)36(32,33)15-28-23-12-19-6-1-16(14-29-31)11-24(22(23)13-27)30(19)37(34,35)21-9-4-18(26)5-10-21/h2-5,7-10,13,16,19,22,24,27H,1,6,11-12,14-15H2. The van der Waals surface area contributed by atoms with Crippen LogP contribution in [0.5, 0.6) is 0 Å². The number of aliphatic imine (C=N–C) groups is 1. The maximum Gasteiger partial charge on any atom is 0.243 e. The molecule has 0 radical (unpaired) electrons. The van der Waals surface area contributed by atoms with E-state index in [-0.39, 0.29) is 28.7 Å². The van der Waals surface area contributed by atoms with Crippen LogP contribution in [0.2, 0.25) is 10.0 Å². The topological polar surface area (TPSA) is 137 Å². The first kappa shape index (κ1) is 27.8. The van der Waals surface area contributed by atoms with Gasteiger partial charge in [0.25, 0.3) is 0 Å². The van der Waals surface area contributed by atoms with Crippen LogP contribution < -0.4 is 0 Å². The largest absolute Gasteiger partial charge is 0.312 e. The smallest absolute Gasteiger partial charge is 0.243 e. The van der Waals surface area contributed by atoms with Crippen molar-refractivity contribution in [3.63, 3.8) is 0 Å². The van der Waals surface area contributed by atoms with Crippen LogP contribution in [-0.2, 0) is 19.9 Å². The molecule has 4 unspecified atom stereocenters. The molecule has 2 saturated heterocycles. The van der Waals surface area contributed by atoms with Crippen molar-refractivity contribution in [1.82, 2.24) is 4.31 Å². The lowest BCUT2D eigenvalue weighted by Crippen LogP contribution is -2.56. The van der Waals surface area contributed by atoms with E-state index in [2.05, 4.69) is 10.2 Å². The van der Waals surface area contributed by atoms with E-state index in [1.165, 1.54) is 52.8 Å². The zero-order valence-electron chi connectivity index (χ0n) is 19.7. The Morgan fingerprint density at radius 2 is 1.54 bits per heavy atom. The van der Waals surface area contributed by atoms with E-state index in [4.69, 9.17) is 28.6 Å². The number of benzene rings is 2. The monoisotopic (exact) mass is 584 g/mol. The first-order valence-corrected chi connectivity index (χ1v) is 15.5. The van der Waals surface area contributed by atoms with Gasteiger partial charge in [-0.25, -0.2) is 16.8 Å². The summed E-state index contributed by atoms with van der Waals surface area (Å²) in [5, 5.41) is 12.0. The maximum atomic E-state index is 13.8. The van der Waals surface area contributed by atoms with Crippen molar-refractivity contribution >= 4 is 55.0 Å². The molecule has 2 fully saturated rings. The minimum absolute atomic E-state index is 0.0419. The zero-order valence-corrected chi connectivity index (χ0v) is 22.8. The van der Waals surface area contributed by atoms with Gasteiger partial charge in [0.1, 0.15) is 5.88 Å². The number of hydrogen-bond acceptors (Lipinski definition) is 8. The van der Waals surface area contributed by atoms with E-state index in [1.54, 1.807) is 0 Å². The maximum absolute atomic E-state index is 13.8. The number of nitroso groups, excluding NO2 is 1. The Hall–Kier alpha value is -2.18. The third-order valence-corrected chi connectivity index (χ3v) is 10.9. The normalized spacial score (nSPS) is 25.9. The van der Waals surface area contributed by atoms with Gasteiger partial charge in [0.2, 0.25) is 10.0 Å². The second-order valence-corrected chi connectivity index (χ2v) is 13.9. The molecular weight excluding hydrogens is 559 g/mol. The fourth-order valence-corrected chi connectivity index (χ4v) is 8.28. The summed E-state index contributed by atoms with van der Waals surface area (Å²) in [6, 6.07) is 10.5. The van der Waals surface area contributed by atoms with Gasteiger partial charge in [0.05, 0.1) is 16.3 Å². The van der Waals surface area contributed by atoms with Crippen molar-refractivity contribution < 1.29 is 16.8 Å². The minimum Gasteiger partial charge on any atom is -0.312 e. The highest BCUT2D eigenvalue weighted by Gasteiger charge is 2.48. The molecule has 0 aromatic heterocycles. The highest BCUT2D eigenvalue weighted by molar-refractivity contribution is 7.91. The summed E-state index contributed by atoms with van der Waals surface area (Å²) >= 11 is 11.8. The molecule has 2 heterocycles. The summed E-state index contributed by atoms with van der Waals surface area (Å²) in [5.41, 5.74) is 0.463. The first-order chi connectivity index (χ1) is 17.6. The number of sulfonamides is 1. The van der Waals surface area contributed by atoms with Crippen molar-refractivity contribution in [2.75, 3.05) is 12.4 Å². The Morgan fingerprint density at radius 3 is 2.11 bits per heavy atom. The average Bonchev–Trinajstić information content (AvgIpc) is 2.99. The fourth-order valence-electron chi connectivity index (χ4n) is 5.12. The van der Waals surface area contributed by atoms with Crippen LogP contribution in [0.15, 0.2) is 68.5 Å². The Balaban J connectivity index is 1.72. The van der Waals surface area contributed by atoms with Gasteiger partial charge >= 0.3 is 0 Å². The number of rotatable bonds is 8. The third kappa shape index (κ3) is 5.96. The second-order valence-electron chi connectivity index (χ2n) is 9.24. The Kier molecular flexibility index (Phi) is 8.49. The Bertz CT molecular complexity index is 1400. The molecule has 0 aliphatic carbocycles. The molecule has 0 amide bonds. The molecule has 9 nitrogen and oxygen atoms in total. The SMILES string of the molecule is N=CC1C(=NCS(=O)(=O)c2ccc(Cl)cc2)CC2CCC(CN=O)CC1N2S(=O)(=O)c1ccc(Cl)cc1. The van der Waals surface area contributed by atoms with Crippen LogP contribution in [-0.4, -0.2) is 57.6 Å². The van der Waals surface area contributed by atoms with Crippen LogP contribution in [0.3, 0.4) is 0 Å². The van der Waals surface area contributed by atoms with Gasteiger partial charge in [-0.05, 0) is 73.7 Å². The molecule has 1 N–H and O–H groups in total. The van der Waals surface area contributed by atoms with E-state index in [1.807, 2.05) is 0 Å². The summed E-state index contributed by atoms with van der Waals surface area (Å²) < 4.78 is 54.8. The summed E-state index contributed by atoms with van der Waals surface area (Å²) in [7, 11) is -7.75.